The smallest absolute Gasteiger partial charge is 0.245 e. The quantitative estimate of drug-likeness (QED) is 0.893. The number of rotatable bonds is 2. The molecule has 0 radical (unpaired) electrons. The number of fused-ring (bicyclic) bond motifs is 1. The van der Waals surface area contributed by atoms with Crippen LogP contribution in [0, 0.1) is 5.82 Å². The Labute approximate surface area is 119 Å². The second-order valence-electron chi connectivity index (χ2n) is 4.39. The van der Waals surface area contributed by atoms with Gasteiger partial charge in [-0.25, -0.2) is 4.39 Å². The molecule has 0 saturated carbocycles. The van der Waals surface area contributed by atoms with Gasteiger partial charge in [-0.15, -0.1) is 0 Å². The maximum atomic E-state index is 12.8. The van der Waals surface area contributed by atoms with Crippen molar-refractivity contribution in [3.05, 3.63) is 52.8 Å². The Balaban J connectivity index is 1.94. The van der Waals surface area contributed by atoms with Crippen LogP contribution in [0.15, 0.2) is 36.4 Å². The fraction of sp³-hybridized carbons (Fsp3) is 0.0714. The van der Waals surface area contributed by atoms with Crippen LogP contribution in [0.2, 0.25) is 5.02 Å². The molecule has 4 nitrogen and oxygen atoms in total. The lowest BCUT2D eigenvalue weighted by molar-refractivity contribution is -0.116. The number of ether oxygens (including phenoxy) is 1. The minimum atomic E-state index is -0.720. The number of benzene rings is 2. The number of hydrogen-bond acceptors (Lipinski definition) is 3. The van der Waals surface area contributed by atoms with Crippen molar-refractivity contribution in [1.82, 2.24) is 0 Å². The Kier molecular flexibility index (Phi) is 3.08. The monoisotopic (exact) mass is 292 g/mol. The standard InChI is InChI=1S/C14H10ClFN2O2/c15-10-5-9-11(18-14(19)13(9)17)6-12(10)20-8-3-1-7(16)2-4-8/h1-6,13H,17H2,(H,18,19). The van der Waals surface area contributed by atoms with Crippen molar-refractivity contribution >= 4 is 23.2 Å². The van der Waals surface area contributed by atoms with Crippen LogP contribution in [0.4, 0.5) is 10.1 Å². The first-order valence-electron chi connectivity index (χ1n) is 5.88. The summed E-state index contributed by atoms with van der Waals surface area (Å²) in [5.41, 5.74) is 6.93. The van der Waals surface area contributed by atoms with Crippen molar-refractivity contribution in [2.75, 3.05) is 5.32 Å². The summed E-state index contributed by atoms with van der Waals surface area (Å²) in [5.74, 6) is 0.180. The van der Waals surface area contributed by atoms with Crippen molar-refractivity contribution in [3.63, 3.8) is 0 Å². The Bertz CT molecular complexity index is 688. The number of carbonyl (C=O) groups excluding carboxylic acids is 1. The van der Waals surface area contributed by atoms with Gasteiger partial charge < -0.3 is 15.8 Å². The molecule has 0 saturated heterocycles. The number of nitrogens with one attached hydrogen (secondary N) is 1. The molecule has 3 rings (SSSR count). The number of amides is 1. The van der Waals surface area contributed by atoms with E-state index in [9.17, 15) is 9.18 Å². The Morgan fingerprint density at radius 2 is 1.95 bits per heavy atom. The lowest BCUT2D eigenvalue weighted by Crippen LogP contribution is -2.19. The number of carbonyl (C=O) groups is 1. The van der Waals surface area contributed by atoms with Gasteiger partial charge in [-0.05, 0) is 30.3 Å². The summed E-state index contributed by atoms with van der Waals surface area (Å²) >= 11 is 6.11. The van der Waals surface area contributed by atoms with Crippen molar-refractivity contribution in [1.29, 1.82) is 0 Å². The molecule has 102 valence electrons. The molecule has 3 N–H and O–H groups in total. The van der Waals surface area contributed by atoms with Crippen LogP contribution in [-0.4, -0.2) is 5.91 Å². The van der Waals surface area contributed by atoms with Crippen LogP contribution < -0.4 is 15.8 Å². The first-order valence-corrected chi connectivity index (χ1v) is 6.26. The van der Waals surface area contributed by atoms with Gasteiger partial charge in [-0.1, -0.05) is 11.6 Å². The molecular weight excluding hydrogens is 283 g/mol. The average molecular weight is 293 g/mol. The molecule has 2 aromatic carbocycles. The minimum absolute atomic E-state index is 0.282. The number of anilines is 1. The Morgan fingerprint density at radius 3 is 2.65 bits per heavy atom. The molecule has 0 aliphatic carbocycles. The molecule has 0 fully saturated rings. The third-order valence-electron chi connectivity index (χ3n) is 3.02. The largest absolute Gasteiger partial charge is 0.456 e. The first kappa shape index (κ1) is 12.9. The molecule has 6 heteroatoms. The third-order valence-corrected chi connectivity index (χ3v) is 3.32. The van der Waals surface area contributed by atoms with Gasteiger partial charge in [-0.3, -0.25) is 4.79 Å². The topological polar surface area (TPSA) is 64.4 Å². The molecule has 20 heavy (non-hydrogen) atoms. The molecule has 1 amide bonds. The molecule has 0 spiro atoms. The zero-order chi connectivity index (χ0) is 14.3. The number of nitrogens with two attached hydrogens (primary N) is 1. The van der Waals surface area contributed by atoms with Gasteiger partial charge in [0.1, 0.15) is 23.4 Å². The fourth-order valence-electron chi connectivity index (χ4n) is 1.99. The number of halogens is 2. The van der Waals surface area contributed by atoms with E-state index in [0.717, 1.165) is 0 Å². The predicted molar refractivity (Wildman–Crippen MR) is 73.5 cm³/mol. The van der Waals surface area contributed by atoms with E-state index in [2.05, 4.69) is 5.32 Å². The van der Waals surface area contributed by atoms with Gasteiger partial charge >= 0.3 is 0 Å². The molecule has 1 heterocycles. The van der Waals surface area contributed by atoms with E-state index in [4.69, 9.17) is 22.1 Å². The summed E-state index contributed by atoms with van der Waals surface area (Å²) < 4.78 is 18.4. The maximum absolute atomic E-state index is 12.8. The van der Waals surface area contributed by atoms with E-state index >= 15 is 0 Å². The van der Waals surface area contributed by atoms with Gasteiger partial charge in [0.05, 0.1) is 5.02 Å². The highest BCUT2D eigenvalue weighted by atomic mass is 35.5. The van der Waals surface area contributed by atoms with Crippen LogP contribution in [0.3, 0.4) is 0 Å². The molecule has 1 unspecified atom stereocenters. The Morgan fingerprint density at radius 1 is 1.25 bits per heavy atom. The fourth-order valence-corrected chi connectivity index (χ4v) is 2.20. The van der Waals surface area contributed by atoms with Gasteiger partial charge in [0.15, 0.2) is 0 Å². The van der Waals surface area contributed by atoms with E-state index in [1.807, 2.05) is 0 Å². The third kappa shape index (κ3) is 2.21. The van der Waals surface area contributed by atoms with Crippen LogP contribution in [0.5, 0.6) is 11.5 Å². The van der Waals surface area contributed by atoms with Crippen molar-refractivity contribution in [2.24, 2.45) is 5.73 Å². The predicted octanol–water partition coefficient (Wildman–Crippen LogP) is 3.22. The average Bonchev–Trinajstić information content (AvgIpc) is 2.69. The van der Waals surface area contributed by atoms with Crippen LogP contribution in [0.1, 0.15) is 11.6 Å². The highest BCUT2D eigenvalue weighted by Gasteiger charge is 2.28. The summed E-state index contributed by atoms with van der Waals surface area (Å²) in [6.45, 7) is 0. The second kappa shape index (κ2) is 4.77. The van der Waals surface area contributed by atoms with E-state index in [0.29, 0.717) is 27.8 Å². The van der Waals surface area contributed by atoms with Gasteiger partial charge in [0.2, 0.25) is 5.91 Å². The van der Waals surface area contributed by atoms with E-state index < -0.39 is 6.04 Å². The first-order chi connectivity index (χ1) is 9.54. The SMILES string of the molecule is NC1C(=O)Nc2cc(Oc3ccc(F)cc3)c(Cl)cc21. The summed E-state index contributed by atoms with van der Waals surface area (Å²) in [4.78, 5) is 11.5. The molecular formula is C14H10ClFN2O2. The molecule has 1 aliphatic rings. The van der Waals surface area contributed by atoms with E-state index in [-0.39, 0.29) is 11.7 Å². The molecule has 1 atom stereocenters. The summed E-state index contributed by atoms with van der Waals surface area (Å²) in [6, 6.07) is 8.03. The maximum Gasteiger partial charge on any atom is 0.245 e. The van der Waals surface area contributed by atoms with E-state index in [1.54, 1.807) is 12.1 Å². The van der Waals surface area contributed by atoms with Crippen molar-refractivity contribution in [3.8, 4) is 11.5 Å². The van der Waals surface area contributed by atoms with Gasteiger partial charge in [-0.2, -0.15) is 0 Å². The lowest BCUT2D eigenvalue weighted by Gasteiger charge is -2.10. The zero-order valence-electron chi connectivity index (χ0n) is 10.2. The highest BCUT2D eigenvalue weighted by Crippen LogP contribution is 2.39. The van der Waals surface area contributed by atoms with Crippen LogP contribution >= 0.6 is 11.6 Å². The molecule has 2 aromatic rings. The molecule has 1 aliphatic heterocycles. The van der Waals surface area contributed by atoms with Gasteiger partial charge in [0, 0.05) is 17.3 Å². The minimum Gasteiger partial charge on any atom is -0.456 e. The molecule has 0 bridgehead atoms. The summed E-state index contributed by atoms with van der Waals surface area (Å²) in [6.07, 6.45) is 0. The van der Waals surface area contributed by atoms with Crippen molar-refractivity contribution in [2.45, 2.75) is 6.04 Å². The molecule has 0 aromatic heterocycles. The van der Waals surface area contributed by atoms with Crippen LogP contribution in [-0.2, 0) is 4.79 Å². The van der Waals surface area contributed by atoms with E-state index in [1.165, 1.54) is 24.3 Å². The number of hydrogen-bond donors (Lipinski definition) is 2. The highest BCUT2D eigenvalue weighted by molar-refractivity contribution is 6.32. The van der Waals surface area contributed by atoms with Gasteiger partial charge in [0.25, 0.3) is 0 Å². The zero-order valence-corrected chi connectivity index (χ0v) is 10.9. The summed E-state index contributed by atoms with van der Waals surface area (Å²) in [5, 5.41) is 2.98. The normalized spacial score (nSPS) is 16.8. The van der Waals surface area contributed by atoms with Crippen LogP contribution in [0.25, 0.3) is 0 Å². The lowest BCUT2D eigenvalue weighted by atomic mass is 10.1. The summed E-state index contributed by atoms with van der Waals surface area (Å²) in [7, 11) is 0. The second-order valence-corrected chi connectivity index (χ2v) is 4.80. The Hall–Kier alpha value is -2.11. The van der Waals surface area contributed by atoms with Crippen molar-refractivity contribution < 1.29 is 13.9 Å².